The van der Waals surface area contributed by atoms with E-state index >= 15 is 0 Å². The molecule has 4 aromatic rings. The summed E-state index contributed by atoms with van der Waals surface area (Å²) in [6, 6.07) is 29.8. The van der Waals surface area contributed by atoms with E-state index in [9.17, 15) is 9.90 Å². The zero-order chi connectivity index (χ0) is 26.9. The van der Waals surface area contributed by atoms with Gasteiger partial charge in [-0.15, -0.1) is 0 Å². The summed E-state index contributed by atoms with van der Waals surface area (Å²) in [5.74, 6) is -0.00620. The first-order valence-corrected chi connectivity index (χ1v) is 13.7. The van der Waals surface area contributed by atoms with Crippen LogP contribution in [0, 0.1) is 5.92 Å². The quantitative estimate of drug-likeness (QED) is 0.163. The molecule has 1 saturated carbocycles. The molecule has 5 rings (SSSR count). The van der Waals surface area contributed by atoms with E-state index in [0.717, 1.165) is 59.2 Å². The van der Waals surface area contributed by atoms with Gasteiger partial charge in [0.05, 0.1) is 11.2 Å². The van der Waals surface area contributed by atoms with Crippen LogP contribution in [0.3, 0.4) is 0 Å². The molecule has 1 fully saturated rings. The summed E-state index contributed by atoms with van der Waals surface area (Å²) < 4.78 is 6.02. The number of benzene rings is 3. The molecule has 200 valence electrons. The molecule has 1 aromatic heterocycles. The molecule has 3 aromatic carbocycles. The average Bonchev–Trinajstić information content (AvgIpc) is 2.99. The number of ether oxygens (including phenoxy) is 1. The predicted molar refractivity (Wildman–Crippen MR) is 153 cm³/mol. The Kier molecular flexibility index (Phi) is 8.84. The van der Waals surface area contributed by atoms with Crippen molar-refractivity contribution >= 4 is 22.6 Å². The first kappa shape index (κ1) is 26.4. The first-order chi connectivity index (χ1) is 19.2. The van der Waals surface area contributed by atoms with Gasteiger partial charge in [0.2, 0.25) is 0 Å². The molecule has 1 unspecified atom stereocenters. The lowest BCUT2D eigenvalue weighted by atomic mass is 9.83. The van der Waals surface area contributed by atoms with E-state index < -0.39 is 5.97 Å². The van der Waals surface area contributed by atoms with Gasteiger partial charge in [0.1, 0.15) is 12.4 Å². The highest BCUT2D eigenvalue weighted by Gasteiger charge is 2.28. The highest BCUT2D eigenvalue weighted by atomic mass is 16.6. The SMILES string of the molecule is O=C(O)/C(CCc1ccccc1)=N/OC(c1ccc(OCc2ccc3ccccc3n2)cc1)C1CCCCC1. The van der Waals surface area contributed by atoms with Gasteiger partial charge < -0.3 is 14.7 Å². The lowest BCUT2D eigenvalue weighted by Gasteiger charge is -2.29. The molecule has 1 N–H and O–H groups in total. The zero-order valence-electron chi connectivity index (χ0n) is 22.0. The second-order valence-electron chi connectivity index (χ2n) is 10.1. The number of hydrogen-bond acceptors (Lipinski definition) is 5. The van der Waals surface area contributed by atoms with Gasteiger partial charge in [0.25, 0.3) is 0 Å². The Hall–Kier alpha value is -4.19. The van der Waals surface area contributed by atoms with Crippen molar-refractivity contribution in [1.29, 1.82) is 0 Å². The summed E-state index contributed by atoms with van der Waals surface area (Å²) in [5.41, 5.74) is 3.92. The number of aromatic nitrogens is 1. The minimum Gasteiger partial charge on any atom is -0.487 e. The number of rotatable bonds is 11. The maximum Gasteiger partial charge on any atom is 0.353 e. The van der Waals surface area contributed by atoms with Crippen molar-refractivity contribution in [2.75, 3.05) is 0 Å². The fourth-order valence-electron chi connectivity index (χ4n) is 5.18. The summed E-state index contributed by atoms with van der Waals surface area (Å²) in [6.45, 7) is 0.375. The molecule has 0 bridgehead atoms. The Morgan fingerprint density at radius 2 is 1.64 bits per heavy atom. The molecule has 0 saturated heterocycles. The van der Waals surface area contributed by atoms with Crippen molar-refractivity contribution in [1.82, 2.24) is 4.98 Å². The number of carboxylic acid groups (broad SMARTS) is 1. The molecule has 39 heavy (non-hydrogen) atoms. The Morgan fingerprint density at radius 3 is 2.41 bits per heavy atom. The third-order valence-corrected chi connectivity index (χ3v) is 7.35. The second-order valence-corrected chi connectivity index (χ2v) is 10.1. The van der Waals surface area contributed by atoms with Crippen LogP contribution in [0.25, 0.3) is 10.9 Å². The number of aliphatic carboxylic acids is 1. The van der Waals surface area contributed by atoms with E-state index in [0.29, 0.717) is 25.4 Å². The molecule has 1 atom stereocenters. The van der Waals surface area contributed by atoms with Crippen LogP contribution in [-0.2, 0) is 22.7 Å². The van der Waals surface area contributed by atoms with Gasteiger partial charge in [-0.2, -0.15) is 0 Å². The molecular formula is C33H34N2O4. The molecule has 6 heteroatoms. The average molecular weight is 523 g/mol. The molecule has 6 nitrogen and oxygen atoms in total. The van der Waals surface area contributed by atoms with Gasteiger partial charge in [-0.3, -0.25) is 0 Å². The number of carboxylic acids is 1. The highest BCUT2D eigenvalue weighted by molar-refractivity contribution is 6.35. The number of fused-ring (bicyclic) bond motifs is 1. The molecule has 0 aliphatic heterocycles. The predicted octanol–water partition coefficient (Wildman–Crippen LogP) is 7.53. The van der Waals surface area contributed by atoms with Gasteiger partial charge in [-0.25, -0.2) is 9.78 Å². The van der Waals surface area contributed by atoms with Crippen LogP contribution >= 0.6 is 0 Å². The van der Waals surface area contributed by atoms with Gasteiger partial charge in [-0.05, 0) is 54.7 Å². The van der Waals surface area contributed by atoms with Crippen LogP contribution < -0.4 is 4.74 Å². The number of hydrogen-bond donors (Lipinski definition) is 1. The van der Waals surface area contributed by atoms with Crippen molar-refractivity contribution < 1.29 is 19.5 Å². The van der Waals surface area contributed by atoms with Crippen molar-refractivity contribution in [3.63, 3.8) is 0 Å². The highest BCUT2D eigenvalue weighted by Crippen LogP contribution is 2.37. The van der Waals surface area contributed by atoms with Gasteiger partial charge in [0, 0.05) is 17.7 Å². The van der Waals surface area contributed by atoms with Gasteiger partial charge in [0.15, 0.2) is 11.8 Å². The van der Waals surface area contributed by atoms with Crippen LogP contribution in [0.5, 0.6) is 5.75 Å². The van der Waals surface area contributed by atoms with Crippen molar-refractivity contribution in [3.05, 3.63) is 108 Å². The molecule has 1 heterocycles. The van der Waals surface area contributed by atoms with Crippen LogP contribution in [0.15, 0.2) is 96.2 Å². The summed E-state index contributed by atoms with van der Waals surface area (Å²) in [6.07, 6.45) is 6.21. The van der Waals surface area contributed by atoms with E-state index in [2.05, 4.69) is 16.2 Å². The van der Waals surface area contributed by atoms with Crippen LogP contribution in [-0.4, -0.2) is 21.8 Å². The van der Waals surface area contributed by atoms with E-state index in [1.807, 2.05) is 84.9 Å². The van der Waals surface area contributed by atoms with Gasteiger partial charge in [-0.1, -0.05) is 91.1 Å². The maximum absolute atomic E-state index is 11.9. The van der Waals surface area contributed by atoms with E-state index in [-0.39, 0.29) is 11.8 Å². The Morgan fingerprint density at radius 1 is 0.897 bits per heavy atom. The summed E-state index contributed by atoms with van der Waals surface area (Å²) in [7, 11) is 0. The number of oxime groups is 1. The zero-order valence-corrected chi connectivity index (χ0v) is 22.0. The number of para-hydroxylation sites is 1. The number of aryl methyl sites for hydroxylation is 1. The number of pyridine rings is 1. The Bertz CT molecular complexity index is 1400. The summed E-state index contributed by atoms with van der Waals surface area (Å²) in [4.78, 5) is 22.6. The third kappa shape index (κ3) is 7.23. The summed E-state index contributed by atoms with van der Waals surface area (Å²) >= 11 is 0. The fraction of sp³-hybridized carbons (Fsp3) is 0.303. The lowest BCUT2D eigenvalue weighted by molar-refractivity contribution is -0.129. The Balaban J connectivity index is 1.27. The number of carbonyl (C=O) groups is 1. The summed E-state index contributed by atoms with van der Waals surface area (Å²) in [5, 5.41) is 15.1. The number of nitrogens with zero attached hydrogens (tertiary/aromatic N) is 2. The molecule has 0 spiro atoms. The van der Waals surface area contributed by atoms with E-state index in [1.165, 1.54) is 6.42 Å². The largest absolute Gasteiger partial charge is 0.487 e. The molecule has 1 aliphatic rings. The van der Waals surface area contributed by atoms with Crippen LogP contribution in [0.2, 0.25) is 0 Å². The second kappa shape index (κ2) is 13.1. The molecule has 0 amide bonds. The first-order valence-electron chi connectivity index (χ1n) is 13.7. The Labute approximate surface area is 229 Å². The standard InChI is InChI=1S/C33H34N2O4/c36-33(37)31(22-15-24-9-3-1-4-10-24)35-39-32(26-12-5-2-6-13-26)27-17-20-29(21-18-27)38-23-28-19-16-25-11-7-8-14-30(25)34-28/h1,3-4,7-11,14,16-21,26,32H,2,5-6,12-13,15,22-23H2,(H,36,37)/b35-31+. The van der Waals surface area contributed by atoms with E-state index in [1.54, 1.807) is 0 Å². The molecule has 0 radical (unpaired) electrons. The molecule has 1 aliphatic carbocycles. The minimum absolute atomic E-state index is 0.0440. The topological polar surface area (TPSA) is 81.0 Å². The van der Waals surface area contributed by atoms with Gasteiger partial charge >= 0.3 is 5.97 Å². The maximum atomic E-state index is 11.9. The van der Waals surface area contributed by atoms with E-state index in [4.69, 9.17) is 9.57 Å². The minimum atomic E-state index is -1.04. The lowest BCUT2D eigenvalue weighted by Crippen LogP contribution is -2.20. The molecular weight excluding hydrogens is 488 g/mol. The van der Waals surface area contributed by atoms with Crippen LogP contribution in [0.4, 0.5) is 0 Å². The van der Waals surface area contributed by atoms with Crippen molar-refractivity contribution in [3.8, 4) is 5.75 Å². The normalized spacial score (nSPS) is 15.1. The van der Waals surface area contributed by atoms with Crippen LogP contribution in [0.1, 0.15) is 61.4 Å². The van der Waals surface area contributed by atoms with Crippen molar-refractivity contribution in [2.45, 2.75) is 57.7 Å². The van der Waals surface area contributed by atoms with Crippen molar-refractivity contribution in [2.24, 2.45) is 11.1 Å². The fourth-order valence-corrected chi connectivity index (χ4v) is 5.18. The third-order valence-electron chi connectivity index (χ3n) is 7.35. The monoisotopic (exact) mass is 522 g/mol. The smallest absolute Gasteiger partial charge is 0.353 e.